The Morgan fingerprint density at radius 2 is 2.20 bits per heavy atom. The van der Waals surface area contributed by atoms with Crippen LogP contribution in [0.15, 0.2) is 30.6 Å². The quantitative estimate of drug-likeness (QED) is 0.475. The lowest BCUT2D eigenvalue weighted by Gasteiger charge is -2.06. The number of nitro benzene ring substituents is 1. The summed E-state index contributed by atoms with van der Waals surface area (Å²) in [5, 5.41) is 14.8. The van der Waals surface area contributed by atoms with Crippen LogP contribution in [0.4, 0.5) is 5.69 Å². The molecule has 104 valence electrons. The lowest BCUT2D eigenvalue weighted by atomic mass is 10.2. The Hall–Kier alpha value is -2.70. The fourth-order valence-corrected chi connectivity index (χ4v) is 1.62. The van der Waals surface area contributed by atoms with Gasteiger partial charge in [-0.25, -0.2) is 0 Å². The maximum absolute atomic E-state index is 11.0. The summed E-state index contributed by atoms with van der Waals surface area (Å²) in [5.41, 5.74) is -0.0335. The summed E-state index contributed by atoms with van der Waals surface area (Å²) in [6.45, 7) is 3.94. The molecule has 0 amide bonds. The molecule has 1 heterocycles. The van der Waals surface area contributed by atoms with E-state index in [1.165, 1.54) is 24.4 Å². The number of hydrogen-bond donors (Lipinski definition) is 0. The molecule has 7 heteroatoms. The maximum Gasteiger partial charge on any atom is 0.270 e. The van der Waals surface area contributed by atoms with Crippen LogP contribution in [-0.2, 0) is 0 Å². The van der Waals surface area contributed by atoms with E-state index in [0.29, 0.717) is 12.0 Å². The molecule has 0 atom stereocenters. The SMILES string of the molecule is CC(C)n1cc(Oc2ccc([N+](=O)[O-])cc2C=O)cn1. The molecule has 2 rings (SSSR count). The number of hydrogen-bond acceptors (Lipinski definition) is 5. The highest BCUT2D eigenvalue weighted by Crippen LogP contribution is 2.27. The van der Waals surface area contributed by atoms with Crippen molar-refractivity contribution in [3.05, 3.63) is 46.3 Å². The van der Waals surface area contributed by atoms with Crippen LogP contribution in [0.25, 0.3) is 0 Å². The van der Waals surface area contributed by atoms with Crippen molar-refractivity contribution < 1.29 is 14.5 Å². The lowest BCUT2D eigenvalue weighted by molar-refractivity contribution is -0.384. The van der Waals surface area contributed by atoms with Gasteiger partial charge in [0.1, 0.15) is 5.75 Å². The van der Waals surface area contributed by atoms with Gasteiger partial charge < -0.3 is 4.74 Å². The molecule has 0 saturated carbocycles. The molecule has 0 aliphatic heterocycles. The van der Waals surface area contributed by atoms with E-state index in [0.717, 1.165) is 0 Å². The number of nitrogens with zero attached hydrogens (tertiary/aromatic N) is 3. The number of nitro groups is 1. The van der Waals surface area contributed by atoms with Crippen LogP contribution in [0.3, 0.4) is 0 Å². The summed E-state index contributed by atoms with van der Waals surface area (Å²) in [6.07, 6.45) is 3.74. The summed E-state index contributed by atoms with van der Waals surface area (Å²) in [5.74, 6) is 0.726. The fourth-order valence-electron chi connectivity index (χ4n) is 1.62. The van der Waals surface area contributed by atoms with Crippen LogP contribution >= 0.6 is 0 Å². The average Bonchev–Trinajstić information content (AvgIpc) is 2.87. The van der Waals surface area contributed by atoms with Gasteiger partial charge in [-0.2, -0.15) is 5.10 Å². The standard InChI is InChI=1S/C13H13N3O4/c1-9(2)15-7-12(6-14-15)20-13-4-3-11(16(18)19)5-10(13)8-17/h3-9H,1-2H3. The number of ether oxygens (including phenoxy) is 1. The third-order valence-electron chi connectivity index (χ3n) is 2.67. The van der Waals surface area contributed by atoms with Crippen molar-refractivity contribution >= 4 is 12.0 Å². The van der Waals surface area contributed by atoms with Crippen LogP contribution in [0.5, 0.6) is 11.5 Å². The third-order valence-corrected chi connectivity index (χ3v) is 2.67. The van der Waals surface area contributed by atoms with Gasteiger partial charge in [0.2, 0.25) is 0 Å². The largest absolute Gasteiger partial charge is 0.453 e. The second kappa shape index (κ2) is 5.52. The first-order valence-corrected chi connectivity index (χ1v) is 5.97. The molecule has 0 spiro atoms. The molecule has 20 heavy (non-hydrogen) atoms. The summed E-state index contributed by atoms with van der Waals surface area (Å²) >= 11 is 0. The van der Waals surface area contributed by atoms with Crippen molar-refractivity contribution in [2.75, 3.05) is 0 Å². The van der Waals surface area contributed by atoms with Gasteiger partial charge in [0.25, 0.3) is 5.69 Å². The number of carbonyl (C=O) groups is 1. The highest BCUT2D eigenvalue weighted by atomic mass is 16.6. The first-order valence-electron chi connectivity index (χ1n) is 5.97. The topological polar surface area (TPSA) is 87.3 Å². The van der Waals surface area contributed by atoms with Crippen molar-refractivity contribution in [1.29, 1.82) is 0 Å². The minimum atomic E-state index is -0.562. The zero-order valence-corrected chi connectivity index (χ0v) is 11.0. The Labute approximate surface area is 114 Å². The molecule has 7 nitrogen and oxygen atoms in total. The monoisotopic (exact) mass is 275 g/mol. The van der Waals surface area contributed by atoms with E-state index >= 15 is 0 Å². The summed E-state index contributed by atoms with van der Waals surface area (Å²) in [4.78, 5) is 21.1. The fraction of sp³-hybridized carbons (Fsp3) is 0.231. The molecule has 0 aliphatic carbocycles. The molecule has 0 aliphatic rings. The van der Waals surface area contributed by atoms with Gasteiger partial charge in [0.05, 0.1) is 22.9 Å². The highest BCUT2D eigenvalue weighted by Gasteiger charge is 2.13. The number of benzene rings is 1. The van der Waals surface area contributed by atoms with Gasteiger partial charge in [-0.3, -0.25) is 19.6 Å². The van der Waals surface area contributed by atoms with Crippen LogP contribution in [0.1, 0.15) is 30.2 Å². The Balaban J connectivity index is 2.28. The molecular formula is C13H13N3O4. The van der Waals surface area contributed by atoms with E-state index in [1.807, 2.05) is 13.8 Å². The van der Waals surface area contributed by atoms with Gasteiger partial charge in [-0.1, -0.05) is 0 Å². The maximum atomic E-state index is 11.0. The zero-order valence-electron chi connectivity index (χ0n) is 11.0. The summed E-state index contributed by atoms with van der Waals surface area (Å²) in [6, 6.07) is 4.05. The Morgan fingerprint density at radius 3 is 2.75 bits per heavy atom. The first kappa shape index (κ1) is 13.7. The van der Waals surface area contributed by atoms with E-state index in [-0.39, 0.29) is 23.0 Å². The van der Waals surface area contributed by atoms with Crippen LogP contribution < -0.4 is 4.74 Å². The molecular weight excluding hydrogens is 262 g/mol. The molecule has 1 aromatic heterocycles. The number of rotatable bonds is 5. The number of carbonyl (C=O) groups excluding carboxylic acids is 1. The normalized spacial score (nSPS) is 10.6. The molecule has 2 aromatic rings. The van der Waals surface area contributed by atoms with Crippen LogP contribution in [0, 0.1) is 10.1 Å². The summed E-state index contributed by atoms with van der Waals surface area (Å²) in [7, 11) is 0. The van der Waals surface area contributed by atoms with E-state index < -0.39 is 4.92 Å². The Kier molecular flexibility index (Phi) is 3.79. The molecule has 0 N–H and O–H groups in total. The Bertz CT molecular complexity index is 649. The molecule has 0 fully saturated rings. The predicted octanol–water partition coefficient (Wildman–Crippen LogP) is 2.98. The van der Waals surface area contributed by atoms with Crippen molar-refractivity contribution in [2.45, 2.75) is 19.9 Å². The molecule has 0 radical (unpaired) electrons. The average molecular weight is 275 g/mol. The van der Waals surface area contributed by atoms with Crippen LogP contribution in [0.2, 0.25) is 0 Å². The number of aromatic nitrogens is 2. The zero-order chi connectivity index (χ0) is 14.7. The molecule has 1 aromatic carbocycles. The van der Waals surface area contributed by atoms with Gasteiger partial charge >= 0.3 is 0 Å². The van der Waals surface area contributed by atoms with Gasteiger partial charge in [0, 0.05) is 18.2 Å². The minimum Gasteiger partial charge on any atom is -0.453 e. The minimum absolute atomic E-state index is 0.122. The van der Waals surface area contributed by atoms with Gasteiger partial charge in [-0.15, -0.1) is 0 Å². The second-order valence-electron chi connectivity index (χ2n) is 4.45. The smallest absolute Gasteiger partial charge is 0.270 e. The van der Waals surface area contributed by atoms with Gasteiger partial charge in [-0.05, 0) is 19.9 Å². The molecule has 0 saturated heterocycles. The summed E-state index contributed by atoms with van der Waals surface area (Å²) < 4.78 is 7.24. The van der Waals surface area contributed by atoms with Gasteiger partial charge in [0.15, 0.2) is 12.0 Å². The lowest BCUT2D eigenvalue weighted by Crippen LogP contribution is -1.99. The second-order valence-corrected chi connectivity index (χ2v) is 4.45. The number of non-ortho nitro benzene ring substituents is 1. The van der Waals surface area contributed by atoms with Crippen molar-refractivity contribution in [3.8, 4) is 11.5 Å². The molecule has 0 unspecified atom stereocenters. The third kappa shape index (κ3) is 2.82. The van der Waals surface area contributed by atoms with Crippen molar-refractivity contribution in [1.82, 2.24) is 9.78 Å². The Morgan fingerprint density at radius 1 is 1.45 bits per heavy atom. The van der Waals surface area contributed by atoms with E-state index in [1.54, 1.807) is 10.9 Å². The first-order chi connectivity index (χ1) is 9.51. The van der Waals surface area contributed by atoms with Crippen LogP contribution in [-0.4, -0.2) is 21.0 Å². The predicted molar refractivity (Wildman–Crippen MR) is 71.2 cm³/mol. The highest BCUT2D eigenvalue weighted by molar-refractivity contribution is 5.80. The number of aldehydes is 1. The van der Waals surface area contributed by atoms with Crippen molar-refractivity contribution in [2.24, 2.45) is 0 Å². The van der Waals surface area contributed by atoms with E-state index in [2.05, 4.69) is 5.10 Å². The molecule has 0 bridgehead atoms. The van der Waals surface area contributed by atoms with E-state index in [4.69, 9.17) is 4.74 Å². The van der Waals surface area contributed by atoms with Crippen molar-refractivity contribution in [3.63, 3.8) is 0 Å². The van der Waals surface area contributed by atoms with E-state index in [9.17, 15) is 14.9 Å².